The van der Waals surface area contributed by atoms with E-state index in [0.29, 0.717) is 6.42 Å². The van der Waals surface area contributed by atoms with Crippen molar-refractivity contribution in [3.05, 3.63) is 35.9 Å². The molecule has 5 N–H and O–H groups in total. The van der Waals surface area contributed by atoms with Crippen LogP contribution in [0.25, 0.3) is 0 Å². The van der Waals surface area contributed by atoms with E-state index >= 15 is 0 Å². The summed E-state index contributed by atoms with van der Waals surface area (Å²) >= 11 is 0. The van der Waals surface area contributed by atoms with Gasteiger partial charge < -0.3 is 15.3 Å². The summed E-state index contributed by atoms with van der Waals surface area (Å²) in [5.74, 6) is -2.45. The highest BCUT2D eigenvalue weighted by Gasteiger charge is 2.14. The number of hydrogen-bond donors (Lipinski definition) is 5. The minimum atomic E-state index is -2.45. The van der Waals surface area contributed by atoms with Gasteiger partial charge in [0.25, 0.3) is 5.97 Å². The predicted molar refractivity (Wildman–Crippen MR) is 72.3 cm³/mol. The molecule has 1 rings (SSSR count). The fourth-order valence-corrected chi connectivity index (χ4v) is 0.870. The van der Waals surface area contributed by atoms with Gasteiger partial charge in [-0.25, -0.2) is 20.4 Å². The first-order valence-electron chi connectivity index (χ1n) is 5.55. The average Bonchev–Trinajstić information content (AvgIpc) is 2.31. The molecule has 112 valence electrons. The minimum absolute atomic E-state index is 0.00694. The van der Waals surface area contributed by atoms with Gasteiger partial charge >= 0.3 is 0 Å². The van der Waals surface area contributed by atoms with E-state index in [2.05, 4.69) is 19.1 Å². The average molecular weight is 284 g/mol. The van der Waals surface area contributed by atoms with Crippen LogP contribution >= 0.6 is 0 Å². The molecule has 0 saturated heterocycles. The van der Waals surface area contributed by atoms with Crippen molar-refractivity contribution >= 4 is 12.2 Å². The van der Waals surface area contributed by atoms with E-state index in [0.717, 1.165) is 12.2 Å². The van der Waals surface area contributed by atoms with Gasteiger partial charge in [-0.1, -0.05) is 42.8 Å². The standard InChI is InChI=1S/C7H8.C4H10O3.2CHNO/c1-7-5-3-2-4-6-7;1-2-3-4(5,6)7;2*2-1-3/h2-6H,1H3;5-7H,2-3H2,1H3;2*2H. The quantitative estimate of drug-likeness (QED) is 0.315. The van der Waals surface area contributed by atoms with Crippen molar-refractivity contribution in [3.8, 4) is 0 Å². The van der Waals surface area contributed by atoms with E-state index in [1.54, 1.807) is 6.92 Å². The topological polar surface area (TPSA) is 143 Å². The zero-order valence-electron chi connectivity index (χ0n) is 11.5. The second kappa shape index (κ2) is 16.9. The van der Waals surface area contributed by atoms with Crippen LogP contribution in [-0.4, -0.2) is 33.5 Å². The zero-order chi connectivity index (χ0) is 16.4. The fourth-order valence-electron chi connectivity index (χ4n) is 0.870. The number of nitrogens with one attached hydrogen (secondary N) is 2. The molecule has 0 atom stereocenters. The molecule has 0 aliphatic rings. The second-order valence-corrected chi connectivity index (χ2v) is 3.38. The second-order valence-electron chi connectivity index (χ2n) is 3.38. The van der Waals surface area contributed by atoms with Gasteiger partial charge in [0.05, 0.1) is 0 Å². The van der Waals surface area contributed by atoms with Crippen LogP contribution < -0.4 is 0 Å². The Labute approximate surface area is 117 Å². The maximum absolute atomic E-state index is 8.35. The summed E-state index contributed by atoms with van der Waals surface area (Å²) in [4.78, 5) is 16.7. The Hall–Kier alpha value is -2.14. The Morgan fingerprint density at radius 3 is 1.50 bits per heavy atom. The van der Waals surface area contributed by atoms with Crippen LogP contribution in [0, 0.1) is 17.7 Å². The van der Waals surface area contributed by atoms with Gasteiger partial charge in [0.1, 0.15) is 0 Å². The van der Waals surface area contributed by atoms with Crippen LogP contribution in [0.15, 0.2) is 30.3 Å². The van der Waals surface area contributed by atoms with E-state index in [9.17, 15) is 0 Å². The molecule has 0 amide bonds. The molecule has 0 radical (unpaired) electrons. The van der Waals surface area contributed by atoms with E-state index in [4.69, 9.17) is 35.7 Å². The smallest absolute Gasteiger partial charge is 0.275 e. The van der Waals surface area contributed by atoms with Crippen LogP contribution in [-0.2, 0) is 9.59 Å². The van der Waals surface area contributed by atoms with E-state index in [-0.39, 0.29) is 6.42 Å². The third kappa shape index (κ3) is 36.0. The van der Waals surface area contributed by atoms with Crippen molar-refractivity contribution < 1.29 is 24.9 Å². The molecule has 0 fully saturated rings. The first kappa shape index (κ1) is 23.0. The highest BCUT2D eigenvalue weighted by atomic mass is 16.7. The summed E-state index contributed by atoms with van der Waals surface area (Å²) in [7, 11) is 0. The fraction of sp³-hybridized carbons (Fsp3) is 0.385. The molecule has 0 heterocycles. The summed E-state index contributed by atoms with van der Waals surface area (Å²) in [5.41, 5.74) is 1.32. The predicted octanol–water partition coefficient (Wildman–Crippen LogP) is 1.21. The maximum atomic E-state index is 8.35. The lowest BCUT2D eigenvalue weighted by Crippen LogP contribution is -2.26. The third-order valence-corrected chi connectivity index (χ3v) is 1.53. The molecule has 0 saturated carbocycles. The molecule has 0 aliphatic heterocycles. The molecule has 0 bridgehead atoms. The number of hydrogen-bond acceptors (Lipinski definition) is 7. The molecule has 0 unspecified atom stereocenters. The number of aliphatic hydroxyl groups is 3. The Morgan fingerprint density at radius 2 is 1.40 bits per heavy atom. The van der Waals surface area contributed by atoms with Gasteiger partial charge in [-0.05, 0) is 13.3 Å². The number of rotatable bonds is 2. The Morgan fingerprint density at radius 1 is 1.05 bits per heavy atom. The van der Waals surface area contributed by atoms with E-state index < -0.39 is 5.97 Å². The molecule has 0 spiro atoms. The molecular formula is C13H20N2O5. The van der Waals surface area contributed by atoms with E-state index in [1.807, 2.05) is 18.2 Å². The van der Waals surface area contributed by atoms with Crippen LogP contribution in [0.3, 0.4) is 0 Å². The van der Waals surface area contributed by atoms with Crippen molar-refractivity contribution in [2.75, 3.05) is 0 Å². The summed E-state index contributed by atoms with van der Waals surface area (Å²) < 4.78 is 0. The van der Waals surface area contributed by atoms with E-state index in [1.165, 1.54) is 5.56 Å². The van der Waals surface area contributed by atoms with Gasteiger partial charge in [-0.3, -0.25) is 0 Å². The largest absolute Gasteiger partial charge is 0.344 e. The lowest BCUT2D eigenvalue weighted by molar-refractivity contribution is -0.314. The molecule has 0 aromatic heterocycles. The highest BCUT2D eigenvalue weighted by molar-refractivity contribution is 5.26. The van der Waals surface area contributed by atoms with Crippen LogP contribution in [0.1, 0.15) is 25.3 Å². The van der Waals surface area contributed by atoms with Gasteiger partial charge in [0.15, 0.2) is 0 Å². The molecule has 7 nitrogen and oxygen atoms in total. The molecule has 20 heavy (non-hydrogen) atoms. The lowest BCUT2D eigenvalue weighted by atomic mass is 10.2. The summed E-state index contributed by atoms with van der Waals surface area (Å²) in [5, 5.41) is 35.2. The molecule has 1 aromatic carbocycles. The SMILES string of the molecule is CCCC(O)(O)O.Cc1ccccc1.N=C=O.N=C=O. The normalized spacial score (nSPS) is 8.05. The number of carbonyl (C=O) groups excluding carboxylic acids is 2. The summed E-state index contributed by atoms with van der Waals surface area (Å²) in [6.45, 7) is 3.83. The third-order valence-electron chi connectivity index (χ3n) is 1.53. The van der Waals surface area contributed by atoms with Crippen molar-refractivity contribution in [2.24, 2.45) is 0 Å². The Bertz CT molecular complexity index is 363. The van der Waals surface area contributed by atoms with Crippen molar-refractivity contribution in [2.45, 2.75) is 32.7 Å². The Kier molecular flexibility index (Phi) is 19.4. The number of aryl methyl sites for hydroxylation is 1. The molecular weight excluding hydrogens is 264 g/mol. The molecule has 7 heteroatoms. The maximum Gasteiger partial charge on any atom is 0.275 e. The number of benzene rings is 1. The first-order chi connectivity index (χ1) is 9.28. The molecule has 0 aliphatic carbocycles. The number of isocyanates is 2. The van der Waals surface area contributed by atoms with Crippen LogP contribution in [0.5, 0.6) is 0 Å². The minimum Gasteiger partial charge on any atom is -0.344 e. The van der Waals surface area contributed by atoms with Crippen molar-refractivity contribution in [1.29, 1.82) is 10.8 Å². The van der Waals surface area contributed by atoms with Gasteiger partial charge in [-0.15, -0.1) is 0 Å². The van der Waals surface area contributed by atoms with Crippen molar-refractivity contribution in [3.63, 3.8) is 0 Å². The zero-order valence-corrected chi connectivity index (χ0v) is 11.5. The summed E-state index contributed by atoms with van der Waals surface area (Å²) in [6.07, 6.45) is 2.07. The van der Waals surface area contributed by atoms with Gasteiger partial charge in [-0.2, -0.15) is 0 Å². The summed E-state index contributed by atoms with van der Waals surface area (Å²) in [6, 6.07) is 10.3. The van der Waals surface area contributed by atoms with Gasteiger partial charge in [0, 0.05) is 6.42 Å². The van der Waals surface area contributed by atoms with Crippen LogP contribution in [0.4, 0.5) is 0 Å². The van der Waals surface area contributed by atoms with Crippen LogP contribution in [0.2, 0.25) is 0 Å². The lowest BCUT2D eigenvalue weighted by Gasteiger charge is -2.10. The molecule has 1 aromatic rings. The van der Waals surface area contributed by atoms with Crippen molar-refractivity contribution in [1.82, 2.24) is 0 Å². The Balaban J connectivity index is -0.000000210. The monoisotopic (exact) mass is 284 g/mol. The highest BCUT2D eigenvalue weighted by Crippen LogP contribution is 2.01. The first-order valence-corrected chi connectivity index (χ1v) is 5.55. The van der Waals surface area contributed by atoms with Gasteiger partial charge in [0.2, 0.25) is 12.2 Å².